The molecule has 0 bridgehead atoms. The number of nitrogens with one attached hydrogen (secondary N) is 1. The number of fused-ring (bicyclic) bond motifs is 1. The summed E-state index contributed by atoms with van der Waals surface area (Å²) in [7, 11) is 1.97. The van der Waals surface area contributed by atoms with Crippen LogP contribution in [0.2, 0.25) is 0 Å². The quantitative estimate of drug-likeness (QED) is 0.831. The summed E-state index contributed by atoms with van der Waals surface area (Å²) in [4.78, 5) is 12.7. The maximum atomic E-state index is 10.6. The van der Waals surface area contributed by atoms with Crippen molar-refractivity contribution < 1.29 is 14.6 Å². The van der Waals surface area contributed by atoms with E-state index in [1.165, 1.54) is 5.56 Å². The Balaban J connectivity index is 1.93. The number of nitrogens with zero attached hydrogens (tertiary/aromatic N) is 1. The van der Waals surface area contributed by atoms with Gasteiger partial charge in [0, 0.05) is 19.1 Å². The first kappa shape index (κ1) is 14.7. The number of likely N-dealkylation sites (N-methyl/N-ethyl adjacent to an activating group) is 1. The molecule has 1 unspecified atom stereocenters. The summed E-state index contributed by atoms with van der Waals surface area (Å²) in [6.45, 7) is 4.24. The zero-order chi connectivity index (χ0) is 14.5. The fourth-order valence-corrected chi connectivity index (χ4v) is 2.30. The number of carboxylic acid groups (broad SMARTS) is 1. The first-order valence-electron chi connectivity index (χ1n) is 6.98. The van der Waals surface area contributed by atoms with Gasteiger partial charge in [0.1, 0.15) is 12.4 Å². The molecular weight excluding hydrogens is 256 g/mol. The predicted octanol–water partition coefficient (Wildman–Crippen LogP) is 1.83. The summed E-state index contributed by atoms with van der Waals surface area (Å²) in [6.07, 6.45) is 1.07. The average Bonchev–Trinajstić information content (AvgIpc) is 2.44. The summed E-state index contributed by atoms with van der Waals surface area (Å²) in [6, 6.07) is 6.50. The number of benzene rings is 1. The number of rotatable bonds is 6. The Morgan fingerprint density at radius 3 is 3.10 bits per heavy atom. The molecule has 5 heteroatoms. The van der Waals surface area contributed by atoms with Gasteiger partial charge in [-0.3, -0.25) is 4.79 Å². The largest absolute Gasteiger partial charge is 0.490 e. The minimum absolute atomic E-state index is 0.181. The lowest BCUT2D eigenvalue weighted by Gasteiger charge is -2.25. The molecule has 1 aliphatic heterocycles. The van der Waals surface area contributed by atoms with Crippen molar-refractivity contribution in [2.75, 3.05) is 32.1 Å². The Labute approximate surface area is 119 Å². The van der Waals surface area contributed by atoms with E-state index in [0.29, 0.717) is 19.2 Å². The summed E-state index contributed by atoms with van der Waals surface area (Å²) >= 11 is 0. The second-order valence-corrected chi connectivity index (χ2v) is 5.28. The highest BCUT2D eigenvalue weighted by Crippen LogP contribution is 2.28. The second kappa shape index (κ2) is 6.61. The number of hydrogen-bond acceptors (Lipinski definition) is 4. The van der Waals surface area contributed by atoms with Crippen LogP contribution in [0.5, 0.6) is 5.75 Å². The molecule has 20 heavy (non-hydrogen) atoms. The maximum absolute atomic E-state index is 10.6. The highest BCUT2D eigenvalue weighted by molar-refractivity contribution is 5.66. The number of hydrogen-bond donors (Lipinski definition) is 2. The zero-order valence-corrected chi connectivity index (χ0v) is 12.1. The van der Waals surface area contributed by atoms with E-state index in [-0.39, 0.29) is 6.42 Å². The summed E-state index contributed by atoms with van der Waals surface area (Å²) < 4.78 is 5.56. The van der Waals surface area contributed by atoms with Crippen molar-refractivity contribution in [3.63, 3.8) is 0 Å². The van der Waals surface area contributed by atoms with Crippen LogP contribution in [0.25, 0.3) is 0 Å². The molecule has 0 spiro atoms. The third kappa shape index (κ3) is 3.87. The molecule has 0 radical (unpaired) electrons. The van der Waals surface area contributed by atoms with Crippen LogP contribution < -0.4 is 10.1 Å². The van der Waals surface area contributed by atoms with Crippen LogP contribution in [-0.4, -0.2) is 48.8 Å². The van der Waals surface area contributed by atoms with Gasteiger partial charge >= 0.3 is 5.97 Å². The first-order chi connectivity index (χ1) is 9.56. The number of carboxylic acids is 1. The smallest absolute Gasteiger partial charge is 0.304 e. The Morgan fingerprint density at radius 1 is 1.55 bits per heavy atom. The average molecular weight is 278 g/mol. The van der Waals surface area contributed by atoms with Crippen molar-refractivity contribution in [3.05, 3.63) is 23.8 Å². The van der Waals surface area contributed by atoms with Crippen molar-refractivity contribution >= 4 is 11.7 Å². The van der Waals surface area contributed by atoms with Gasteiger partial charge in [-0.1, -0.05) is 6.07 Å². The molecular formula is C15H22N2O3. The normalized spacial score (nSPS) is 15.2. The van der Waals surface area contributed by atoms with Gasteiger partial charge in [-0.25, -0.2) is 0 Å². The van der Waals surface area contributed by atoms with E-state index in [0.717, 1.165) is 24.4 Å². The lowest BCUT2D eigenvalue weighted by molar-refractivity contribution is -0.137. The van der Waals surface area contributed by atoms with Crippen molar-refractivity contribution in [1.29, 1.82) is 0 Å². The second-order valence-electron chi connectivity index (χ2n) is 5.28. The monoisotopic (exact) mass is 278 g/mol. The molecule has 0 fully saturated rings. The van der Waals surface area contributed by atoms with Crippen molar-refractivity contribution in [3.8, 4) is 5.75 Å². The standard InChI is InChI=1S/C15H22N2O3/c1-11(17(2)7-5-15(18)19)9-12-3-4-14-13(10-12)16-6-8-20-14/h3-4,10-11,16H,5-9H2,1-2H3,(H,18,19). The highest BCUT2D eigenvalue weighted by Gasteiger charge is 2.14. The maximum Gasteiger partial charge on any atom is 0.304 e. The minimum atomic E-state index is -0.751. The van der Waals surface area contributed by atoms with Crippen LogP contribution >= 0.6 is 0 Å². The Kier molecular flexibility index (Phi) is 4.84. The van der Waals surface area contributed by atoms with E-state index < -0.39 is 5.97 Å². The summed E-state index contributed by atoms with van der Waals surface area (Å²) in [5.74, 6) is 0.158. The van der Waals surface area contributed by atoms with Crippen molar-refractivity contribution in [1.82, 2.24) is 4.90 Å². The van der Waals surface area contributed by atoms with Crippen LogP contribution in [0.15, 0.2) is 18.2 Å². The number of aliphatic carboxylic acids is 1. The van der Waals surface area contributed by atoms with Gasteiger partial charge in [-0.15, -0.1) is 0 Å². The molecule has 0 aromatic heterocycles. The van der Waals surface area contributed by atoms with E-state index in [9.17, 15) is 4.79 Å². The number of ether oxygens (including phenoxy) is 1. The summed E-state index contributed by atoms with van der Waals surface area (Å²) in [5.41, 5.74) is 2.28. The molecule has 1 atom stereocenters. The van der Waals surface area contributed by atoms with Gasteiger partial charge < -0.3 is 20.1 Å². The topological polar surface area (TPSA) is 61.8 Å². The number of anilines is 1. The summed E-state index contributed by atoms with van der Waals surface area (Å²) in [5, 5.41) is 12.0. The zero-order valence-electron chi connectivity index (χ0n) is 12.1. The van der Waals surface area contributed by atoms with Crippen LogP contribution in [0.1, 0.15) is 18.9 Å². The predicted molar refractivity (Wildman–Crippen MR) is 78.5 cm³/mol. The molecule has 1 aromatic carbocycles. The van der Waals surface area contributed by atoms with E-state index in [4.69, 9.17) is 9.84 Å². The van der Waals surface area contributed by atoms with E-state index >= 15 is 0 Å². The lowest BCUT2D eigenvalue weighted by atomic mass is 10.0. The Bertz CT molecular complexity index is 476. The van der Waals surface area contributed by atoms with Gasteiger partial charge in [0.05, 0.1) is 12.1 Å². The van der Waals surface area contributed by atoms with Crippen LogP contribution in [-0.2, 0) is 11.2 Å². The molecule has 1 aliphatic rings. The SMILES string of the molecule is CC(Cc1ccc2c(c1)NCCO2)N(C)CCC(=O)O. The third-order valence-electron chi connectivity index (χ3n) is 3.68. The first-order valence-corrected chi connectivity index (χ1v) is 6.98. The van der Waals surface area contributed by atoms with Gasteiger partial charge in [0.15, 0.2) is 0 Å². The fourth-order valence-electron chi connectivity index (χ4n) is 2.30. The molecule has 1 aromatic rings. The minimum Gasteiger partial charge on any atom is -0.490 e. The molecule has 0 saturated heterocycles. The molecule has 110 valence electrons. The molecule has 0 saturated carbocycles. The van der Waals surface area contributed by atoms with Crippen LogP contribution in [0, 0.1) is 0 Å². The molecule has 0 aliphatic carbocycles. The van der Waals surface area contributed by atoms with Crippen molar-refractivity contribution in [2.45, 2.75) is 25.8 Å². The van der Waals surface area contributed by atoms with Crippen molar-refractivity contribution in [2.24, 2.45) is 0 Å². The highest BCUT2D eigenvalue weighted by atomic mass is 16.5. The fraction of sp³-hybridized carbons (Fsp3) is 0.533. The van der Waals surface area contributed by atoms with E-state index in [2.05, 4.69) is 29.3 Å². The lowest BCUT2D eigenvalue weighted by Crippen LogP contribution is -2.32. The Hall–Kier alpha value is -1.75. The molecule has 2 N–H and O–H groups in total. The van der Waals surface area contributed by atoms with Gasteiger partial charge in [0.25, 0.3) is 0 Å². The van der Waals surface area contributed by atoms with Gasteiger partial charge in [0.2, 0.25) is 0 Å². The Morgan fingerprint density at radius 2 is 2.35 bits per heavy atom. The molecule has 2 rings (SSSR count). The molecule has 1 heterocycles. The number of carbonyl (C=O) groups is 1. The van der Waals surface area contributed by atoms with Gasteiger partial charge in [-0.2, -0.15) is 0 Å². The molecule has 5 nitrogen and oxygen atoms in total. The third-order valence-corrected chi connectivity index (χ3v) is 3.68. The van der Waals surface area contributed by atoms with E-state index in [1.807, 2.05) is 13.1 Å². The van der Waals surface area contributed by atoms with Crippen LogP contribution in [0.4, 0.5) is 5.69 Å². The molecule has 0 amide bonds. The van der Waals surface area contributed by atoms with E-state index in [1.54, 1.807) is 0 Å². The van der Waals surface area contributed by atoms with Crippen LogP contribution in [0.3, 0.4) is 0 Å². The van der Waals surface area contributed by atoms with Gasteiger partial charge in [-0.05, 0) is 38.1 Å².